The molecule has 21 heavy (non-hydrogen) atoms. The van der Waals surface area contributed by atoms with Gasteiger partial charge >= 0.3 is 0 Å². The van der Waals surface area contributed by atoms with Crippen molar-refractivity contribution < 1.29 is 23.2 Å². The number of carbonyl (C=O) groups excluding carboxylic acids is 1. The van der Waals surface area contributed by atoms with Gasteiger partial charge in [-0.3, -0.25) is 4.79 Å². The summed E-state index contributed by atoms with van der Waals surface area (Å²) in [5, 5.41) is 2.58. The van der Waals surface area contributed by atoms with E-state index < -0.39 is 11.6 Å². The number of benzene rings is 1. The van der Waals surface area contributed by atoms with Crippen LogP contribution >= 0.6 is 0 Å². The molecular weight excluding hydrogens is 278 g/mol. The number of morpholine rings is 1. The first-order chi connectivity index (χ1) is 9.94. The lowest BCUT2D eigenvalue weighted by atomic mass is 10.2. The first-order valence-corrected chi connectivity index (χ1v) is 7.18. The van der Waals surface area contributed by atoms with Crippen molar-refractivity contribution >= 4 is 11.6 Å². The van der Waals surface area contributed by atoms with Gasteiger partial charge in [-0.15, -0.1) is 0 Å². The van der Waals surface area contributed by atoms with Crippen LogP contribution in [0, 0.1) is 11.6 Å². The Morgan fingerprint density at radius 2 is 1.95 bits per heavy atom. The Morgan fingerprint density at radius 3 is 2.57 bits per heavy atom. The number of nitrogens with one attached hydrogen (secondary N) is 2. The Morgan fingerprint density at radius 1 is 1.29 bits per heavy atom. The lowest BCUT2D eigenvalue weighted by Crippen LogP contribution is -3.15. The fraction of sp³-hybridized carbons (Fsp3) is 0.533. The zero-order valence-corrected chi connectivity index (χ0v) is 12.3. The Labute approximate surface area is 123 Å². The molecule has 0 spiro atoms. The lowest BCUT2D eigenvalue weighted by Gasteiger charge is -2.32. The van der Waals surface area contributed by atoms with E-state index in [1.165, 1.54) is 11.0 Å². The molecule has 0 bridgehead atoms. The maximum Gasteiger partial charge on any atom is 0.230 e. The van der Waals surface area contributed by atoms with Crippen LogP contribution in [-0.4, -0.2) is 37.7 Å². The molecule has 6 heteroatoms. The summed E-state index contributed by atoms with van der Waals surface area (Å²) in [5.41, 5.74) is 0.276. The van der Waals surface area contributed by atoms with Crippen LogP contribution in [0.3, 0.4) is 0 Å². The van der Waals surface area contributed by atoms with Crippen molar-refractivity contribution in [2.45, 2.75) is 32.5 Å². The van der Waals surface area contributed by atoms with Gasteiger partial charge in [-0.25, -0.2) is 8.78 Å². The molecule has 1 heterocycles. The van der Waals surface area contributed by atoms with Crippen LogP contribution in [0.2, 0.25) is 0 Å². The second-order valence-electron chi connectivity index (χ2n) is 5.59. The van der Waals surface area contributed by atoms with Gasteiger partial charge in [0.15, 0.2) is 11.6 Å². The van der Waals surface area contributed by atoms with Gasteiger partial charge in [0, 0.05) is 11.8 Å². The number of hydrogen-bond donors (Lipinski definition) is 2. The Bertz CT molecular complexity index is 500. The summed E-state index contributed by atoms with van der Waals surface area (Å²) in [6.45, 7) is 6.51. The number of quaternary nitrogens is 1. The average molecular weight is 299 g/mol. The second-order valence-corrected chi connectivity index (χ2v) is 5.59. The minimum absolute atomic E-state index is 0.193. The third-order valence-electron chi connectivity index (χ3n) is 3.53. The Kier molecular flexibility index (Phi) is 5.25. The predicted molar refractivity (Wildman–Crippen MR) is 75.2 cm³/mol. The highest BCUT2D eigenvalue weighted by Crippen LogP contribution is 2.13. The van der Waals surface area contributed by atoms with Gasteiger partial charge in [0.25, 0.3) is 0 Å². The molecule has 116 valence electrons. The van der Waals surface area contributed by atoms with Crippen molar-refractivity contribution in [1.29, 1.82) is 0 Å². The van der Waals surface area contributed by atoms with Crippen molar-refractivity contribution in [2.75, 3.05) is 25.0 Å². The van der Waals surface area contributed by atoms with E-state index in [1.54, 1.807) is 0 Å². The van der Waals surface area contributed by atoms with E-state index in [9.17, 15) is 13.6 Å². The molecular formula is C15H21F2N2O2+. The van der Waals surface area contributed by atoms with Crippen molar-refractivity contribution in [3.8, 4) is 0 Å². The van der Waals surface area contributed by atoms with E-state index in [-0.39, 0.29) is 23.8 Å². The van der Waals surface area contributed by atoms with Crippen LogP contribution < -0.4 is 10.2 Å². The summed E-state index contributed by atoms with van der Waals surface area (Å²) in [6, 6.07) is 3.34. The van der Waals surface area contributed by atoms with Gasteiger partial charge in [0.1, 0.15) is 25.3 Å². The van der Waals surface area contributed by atoms with E-state index in [4.69, 9.17) is 4.74 Å². The molecule has 0 aromatic heterocycles. The topological polar surface area (TPSA) is 42.8 Å². The summed E-state index contributed by atoms with van der Waals surface area (Å²) < 4.78 is 31.5. The molecule has 1 aromatic rings. The summed E-state index contributed by atoms with van der Waals surface area (Å²) in [4.78, 5) is 13.2. The van der Waals surface area contributed by atoms with Crippen molar-refractivity contribution in [1.82, 2.24) is 0 Å². The number of carbonyl (C=O) groups is 1. The number of halogens is 2. The first kappa shape index (κ1) is 15.9. The number of anilines is 1. The molecule has 1 saturated heterocycles. The van der Waals surface area contributed by atoms with Crippen LogP contribution in [0.25, 0.3) is 0 Å². The summed E-state index contributed by atoms with van der Waals surface area (Å²) >= 11 is 0. The summed E-state index contributed by atoms with van der Waals surface area (Å²) in [6.07, 6.45) is 0.726. The van der Waals surface area contributed by atoms with Gasteiger partial charge in [-0.2, -0.15) is 0 Å². The Hall–Kier alpha value is -1.53. The van der Waals surface area contributed by atoms with E-state index in [0.717, 1.165) is 25.2 Å². The smallest absolute Gasteiger partial charge is 0.230 e. The zero-order chi connectivity index (χ0) is 15.4. The van der Waals surface area contributed by atoms with E-state index in [2.05, 4.69) is 5.32 Å². The van der Waals surface area contributed by atoms with Gasteiger partial charge < -0.3 is 15.0 Å². The number of ether oxygens (including phenoxy) is 1. The van der Waals surface area contributed by atoms with Gasteiger partial charge in [-0.05, 0) is 26.0 Å². The molecule has 0 radical (unpaired) electrons. The molecule has 1 aliphatic heterocycles. The molecule has 1 aromatic carbocycles. The monoisotopic (exact) mass is 299 g/mol. The van der Waals surface area contributed by atoms with Crippen molar-refractivity contribution in [3.63, 3.8) is 0 Å². The molecule has 3 atom stereocenters. The standard InChI is InChI=1S/C15H20F2N2O2/c1-10-8-19(9-11(2)21-10)6-5-15(20)18-12-3-4-13(16)14(17)7-12/h3-4,7,10-11H,5-6,8-9H2,1-2H3,(H,18,20)/p+1/t10-,11+. The quantitative estimate of drug-likeness (QED) is 0.870. The normalized spacial score (nSPS) is 25.6. The summed E-state index contributed by atoms with van der Waals surface area (Å²) in [7, 11) is 0. The fourth-order valence-electron chi connectivity index (χ4n) is 2.68. The highest BCUT2D eigenvalue weighted by atomic mass is 19.2. The van der Waals surface area contributed by atoms with Gasteiger partial charge in [0.2, 0.25) is 5.91 Å². The highest BCUT2D eigenvalue weighted by molar-refractivity contribution is 5.90. The maximum atomic E-state index is 13.0. The van der Waals surface area contributed by atoms with E-state index in [1.807, 2.05) is 13.8 Å². The number of rotatable bonds is 4. The van der Waals surface area contributed by atoms with E-state index >= 15 is 0 Å². The Balaban J connectivity index is 1.80. The van der Waals surface area contributed by atoms with Crippen LogP contribution in [0.1, 0.15) is 20.3 Å². The molecule has 0 aliphatic carbocycles. The molecule has 4 nitrogen and oxygen atoms in total. The van der Waals surface area contributed by atoms with Crippen LogP contribution in [0.5, 0.6) is 0 Å². The van der Waals surface area contributed by atoms with Crippen LogP contribution in [-0.2, 0) is 9.53 Å². The average Bonchev–Trinajstić information content (AvgIpc) is 2.40. The first-order valence-electron chi connectivity index (χ1n) is 7.18. The molecule has 1 unspecified atom stereocenters. The minimum Gasteiger partial charge on any atom is -0.364 e. The summed E-state index contributed by atoms with van der Waals surface area (Å²) in [5.74, 6) is -2.08. The van der Waals surface area contributed by atoms with Gasteiger partial charge in [-0.1, -0.05) is 0 Å². The van der Waals surface area contributed by atoms with Crippen molar-refractivity contribution in [2.24, 2.45) is 0 Å². The molecule has 1 amide bonds. The van der Waals surface area contributed by atoms with Crippen LogP contribution in [0.4, 0.5) is 14.5 Å². The fourth-order valence-corrected chi connectivity index (χ4v) is 2.68. The third kappa shape index (κ3) is 4.75. The second kappa shape index (κ2) is 6.95. The largest absolute Gasteiger partial charge is 0.364 e. The number of amides is 1. The van der Waals surface area contributed by atoms with Crippen LogP contribution in [0.15, 0.2) is 18.2 Å². The molecule has 2 rings (SSSR count). The minimum atomic E-state index is -0.964. The highest BCUT2D eigenvalue weighted by Gasteiger charge is 2.25. The lowest BCUT2D eigenvalue weighted by molar-refractivity contribution is -0.914. The third-order valence-corrected chi connectivity index (χ3v) is 3.53. The van der Waals surface area contributed by atoms with E-state index in [0.29, 0.717) is 13.0 Å². The van der Waals surface area contributed by atoms with Gasteiger partial charge in [0.05, 0.1) is 13.0 Å². The molecule has 0 saturated carbocycles. The molecule has 1 fully saturated rings. The van der Waals surface area contributed by atoms with Crippen molar-refractivity contribution in [3.05, 3.63) is 29.8 Å². The SMILES string of the molecule is C[C@@H]1C[NH+](CCC(=O)Nc2ccc(F)c(F)c2)C[C@H](C)O1. The molecule has 1 aliphatic rings. The number of hydrogen-bond acceptors (Lipinski definition) is 2. The predicted octanol–water partition coefficient (Wildman–Crippen LogP) is 0.985. The maximum absolute atomic E-state index is 13.0. The molecule has 2 N–H and O–H groups in total. The zero-order valence-electron chi connectivity index (χ0n) is 12.3.